The number of aromatic nitrogens is 1. The Morgan fingerprint density at radius 2 is 2.03 bits per heavy atom. The molecule has 0 bridgehead atoms. The number of hydrogen-bond acceptors (Lipinski definition) is 6. The molecular weight excluding hydrogens is 451 g/mol. The number of aryl methyl sites for hydroxylation is 1. The standard InChI is InChI=1S/C18H21N3O3S.C2HF3O2/c1-13-19-14(11-25-13)10-20-8-6-18(17(20)23)5-3-7-21(12-18)16(22)15-4-2-9-24-15;3-2(4,5)1(6)7/h2,4,9,11H,3,5-8,10,12H2,1H3;(H,6,7). The van der Waals surface area contributed by atoms with Crippen LogP contribution in [-0.4, -0.2) is 63.5 Å². The molecule has 0 aromatic carbocycles. The number of rotatable bonds is 3. The number of aliphatic carboxylic acids is 1. The number of likely N-dealkylation sites (tertiary alicyclic amines) is 2. The first-order valence-corrected chi connectivity index (χ1v) is 10.7. The molecule has 0 aliphatic carbocycles. The third-order valence-corrected chi connectivity index (χ3v) is 6.28. The Morgan fingerprint density at radius 3 is 2.59 bits per heavy atom. The molecule has 1 spiro atoms. The molecule has 1 unspecified atom stereocenters. The van der Waals surface area contributed by atoms with Gasteiger partial charge in [-0.3, -0.25) is 9.59 Å². The summed E-state index contributed by atoms with van der Waals surface area (Å²) in [6.45, 7) is 4.44. The Morgan fingerprint density at radius 1 is 1.31 bits per heavy atom. The molecule has 2 aliphatic rings. The average molecular weight is 473 g/mol. The molecule has 2 aliphatic heterocycles. The SMILES string of the molecule is Cc1nc(CN2CCC3(CCCN(C(=O)c4ccco4)C3)C2=O)cs1.O=C(O)C(F)(F)F. The van der Waals surface area contributed by atoms with Crippen molar-refractivity contribution in [3.63, 3.8) is 0 Å². The summed E-state index contributed by atoms with van der Waals surface area (Å²) in [5, 5.41) is 10.2. The highest BCUT2D eigenvalue weighted by Crippen LogP contribution is 2.41. The summed E-state index contributed by atoms with van der Waals surface area (Å²) in [5.74, 6) is -2.37. The van der Waals surface area contributed by atoms with Crippen molar-refractivity contribution in [2.75, 3.05) is 19.6 Å². The van der Waals surface area contributed by atoms with E-state index in [2.05, 4.69) is 4.98 Å². The van der Waals surface area contributed by atoms with Gasteiger partial charge in [-0.25, -0.2) is 9.78 Å². The zero-order chi connectivity index (χ0) is 23.5. The summed E-state index contributed by atoms with van der Waals surface area (Å²) in [5.41, 5.74) is 0.512. The van der Waals surface area contributed by atoms with Crippen LogP contribution < -0.4 is 0 Å². The van der Waals surface area contributed by atoms with Gasteiger partial charge in [0, 0.05) is 25.0 Å². The van der Waals surface area contributed by atoms with Crippen molar-refractivity contribution in [3.05, 3.63) is 40.2 Å². The fourth-order valence-corrected chi connectivity index (χ4v) is 4.56. The zero-order valence-corrected chi connectivity index (χ0v) is 18.0. The zero-order valence-electron chi connectivity index (χ0n) is 17.2. The lowest BCUT2D eigenvalue weighted by molar-refractivity contribution is -0.192. The number of hydrogen-bond donors (Lipinski definition) is 1. The van der Waals surface area contributed by atoms with Gasteiger partial charge in [-0.2, -0.15) is 13.2 Å². The number of carboxylic acid groups (broad SMARTS) is 1. The number of furan rings is 1. The number of thiazole rings is 1. The maximum Gasteiger partial charge on any atom is 0.490 e. The van der Waals surface area contributed by atoms with E-state index in [-0.39, 0.29) is 11.8 Å². The van der Waals surface area contributed by atoms with Crippen molar-refractivity contribution >= 4 is 29.1 Å². The van der Waals surface area contributed by atoms with E-state index in [1.54, 1.807) is 28.4 Å². The van der Waals surface area contributed by atoms with Crippen molar-refractivity contribution in [2.45, 2.75) is 38.9 Å². The highest BCUT2D eigenvalue weighted by Gasteiger charge is 2.49. The summed E-state index contributed by atoms with van der Waals surface area (Å²) in [4.78, 5) is 42.7. The Bertz CT molecular complexity index is 976. The fraction of sp³-hybridized carbons (Fsp3) is 0.500. The molecule has 32 heavy (non-hydrogen) atoms. The lowest BCUT2D eigenvalue weighted by Crippen LogP contribution is -2.49. The van der Waals surface area contributed by atoms with Crippen LogP contribution in [0.25, 0.3) is 0 Å². The van der Waals surface area contributed by atoms with Crippen molar-refractivity contribution in [2.24, 2.45) is 5.41 Å². The van der Waals surface area contributed by atoms with Gasteiger partial charge in [-0.1, -0.05) is 0 Å². The van der Waals surface area contributed by atoms with Gasteiger partial charge in [0.25, 0.3) is 5.91 Å². The van der Waals surface area contributed by atoms with E-state index in [4.69, 9.17) is 14.3 Å². The molecule has 1 N–H and O–H groups in total. The van der Waals surface area contributed by atoms with Gasteiger partial charge in [0.1, 0.15) is 0 Å². The predicted octanol–water partition coefficient (Wildman–Crippen LogP) is 3.33. The molecule has 2 amide bonds. The van der Waals surface area contributed by atoms with Crippen molar-refractivity contribution in [3.8, 4) is 0 Å². The van der Waals surface area contributed by atoms with Gasteiger partial charge in [0.15, 0.2) is 5.76 Å². The van der Waals surface area contributed by atoms with Gasteiger partial charge < -0.3 is 19.3 Å². The molecule has 4 heterocycles. The number of alkyl halides is 3. The number of carbonyl (C=O) groups excluding carboxylic acids is 2. The minimum absolute atomic E-state index is 0.120. The molecule has 0 radical (unpaired) electrons. The first-order valence-electron chi connectivity index (χ1n) is 9.85. The third kappa shape index (κ3) is 5.29. The largest absolute Gasteiger partial charge is 0.490 e. The van der Waals surface area contributed by atoms with Gasteiger partial charge in [0.2, 0.25) is 5.91 Å². The van der Waals surface area contributed by atoms with Crippen LogP contribution in [0.4, 0.5) is 13.2 Å². The fourth-order valence-electron chi connectivity index (χ4n) is 3.96. The molecule has 8 nitrogen and oxygen atoms in total. The van der Waals surface area contributed by atoms with E-state index in [0.717, 1.165) is 36.5 Å². The molecule has 12 heteroatoms. The van der Waals surface area contributed by atoms with E-state index in [0.29, 0.717) is 25.4 Å². The van der Waals surface area contributed by atoms with E-state index in [1.165, 1.54) is 6.26 Å². The minimum atomic E-state index is -5.08. The molecule has 0 saturated carbocycles. The molecule has 2 aromatic heterocycles. The molecule has 2 fully saturated rings. The number of piperidine rings is 1. The Hall–Kier alpha value is -2.89. The average Bonchev–Trinajstić information content (AvgIpc) is 3.47. The van der Waals surface area contributed by atoms with Gasteiger partial charge in [0.05, 0.1) is 28.9 Å². The maximum absolute atomic E-state index is 13.1. The minimum Gasteiger partial charge on any atom is -0.475 e. The first kappa shape index (κ1) is 23.8. The summed E-state index contributed by atoms with van der Waals surface area (Å²) in [6, 6.07) is 3.39. The maximum atomic E-state index is 13.1. The van der Waals surface area contributed by atoms with Crippen LogP contribution in [0, 0.1) is 12.3 Å². The summed E-state index contributed by atoms with van der Waals surface area (Å²) in [6.07, 6.45) is -1.08. The highest BCUT2D eigenvalue weighted by molar-refractivity contribution is 7.09. The topological polar surface area (TPSA) is 104 Å². The monoisotopic (exact) mass is 473 g/mol. The lowest BCUT2D eigenvalue weighted by Gasteiger charge is -2.38. The Kier molecular flexibility index (Phi) is 6.91. The van der Waals surface area contributed by atoms with Gasteiger partial charge >= 0.3 is 12.1 Å². The van der Waals surface area contributed by atoms with Crippen LogP contribution in [0.2, 0.25) is 0 Å². The van der Waals surface area contributed by atoms with Crippen LogP contribution in [0.3, 0.4) is 0 Å². The summed E-state index contributed by atoms with van der Waals surface area (Å²) < 4.78 is 37.0. The van der Waals surface area contributed by atoms with Crippen molar-refractivity contribution in [1.29, 1.82) is 0 Å². The van der Waals surface area contributed by atoms with Crippen LogP contribution in [-0.2, 0) is 16.1 Å². The first-order chi connectivity index (χ1) is 15.0. The van der Waals surface area contributed by atoms with Crippen LogP contribution >= 0.6 is 11.3 Å². The predicted molar refractivity (Wildman–Crippen MR) is 107 cm³/mol. The number of carbonyl (C=O) groups is 3. The third-order valence-electron chi connectivity index (χ3n) is 5.46. The molecule has 4 rings (SSSR count). The van der Waals surface area contributed by atoms with Crippen molar-refractivity contribution in [1.82, 2.24) is 14.8 Å². The van der Waals surface area contributed by atoms with E-state index in [9.17, 15) is 22.8 Å². The number of nitrogens with zero attached hydrogens (tertiary/aromatic N) is 3. The smallest absolute Gasteiger partial charge is 0.475 e. The highest BCUT2D eigenvalue weighted by atomic mass is 32.1. The number of carboxylic acids is 1. The second-order valence-electron chi connectivity index (χ2n) is 7.73. The summed E-state index contributed by atoms with van der Waals surface area (Å²) >= 11 is 1.61. The normalized spacial score (nSPS) is 20.9. The van der Waals surface area contributed by atoms with Crippen LogP contribution in [0.15, 0.2) is 28.2 Å². The van der Waals surface area contributed by atoms with Gasteiger partial charge in [-0.15, -0.1) is 11.3 Å². The second kappa shape index (κ2) is 9.31. The lowest BCUT2D eigenvalue weighted by atomic mass is 9.78. The van der Waals surface area contributed by atoms with Crippen LogP contribution in [0.5, 0.6) is 0 Å². The van der Waals surface area contributed by atoms with Crippen molar-refractivity contribution < 1.29 is 37.1 Å². The molecule has 174 valence electrons. The molecule has 2 saturated heterocycles. The van der Waals surface area contributed by atoms with E-state index >= 15 is 0 Å². The molecule has 1 atom stereocenters. The Labute approximate surface area is 185 Å². The number of amides is 2. The van der Waals surface area contributed by atoms with E-state index in [1.807, 2.05) is 17.2 Å². The van der Waals surface area contributed by atoms with Gasteiger partial charge in [-0.05, 0) is 38.3 Å². The van der Waals surface area contributed by atoms with Crippen LogP contribution in [0.1, 0.15) is 40.5 Å². The quantitative estimate of drug-likeness (QED) is 0.734. The summed E-state index contributed by atoms with van der Waals surface area (Å²) in [7, 11) is 0. The number of halogens is 3. The second-order valence-corrected chi connectivity index (χ2v) is 8.79. The molecule has 2 aromatic rings. The van der Waals surface area contributed by atoms with E-state index < -0.39 is 17.6 Å². The Balaban J connectivity index is 0.000000360. The molecular formula is C20H22F3N3O5S.